The normalized spacial score (nSPS) is 13.3. The van der Waals surface area contributed by atoms with Crippen LogP contribution >= 0.6 is 0 Å². The molecule has 0 aromatic rings. The van der Waals surface area contributed by atoms with Gasteiger partial charge in [-0.3, -0.25) is 9.59 Å². The maximum Gasteiger partial charge on any atom is 0.305 e. The molecule has 0 aromatic heterocycles. The van der Waals surface area contributed by atoms with Crippen molar-refractivity contribution in [3.05, 3.63) is 60.8 Å². The Bertz CT molecular complexity index is 999. The lowest BCUT2D eigenvalue weighted by Gasteiger charge is -2.19. The molecule has 0 heterocycles. The van der Waals surface area contributed by atoms with Gasteiger partial charge in [0.25, 0.3) is 0 Å². The maximum absolute atomic E-state index is 12.3. The highest BCUT2D eigenvalue weighted by Gasteiger charge is 2.17. The molecule has 56 heavy (non-hydrogen) atoms. The topological polar surface area (TPSA) is 95.9 Å². The number of carbonyl (C=O) groups is 2. The molecule has 2 unspecified atom stereocenters. The Morgan fingerprint density at radius 2 is 0.929 bits per heavy atom. The van der Waals surface area contributed by atoms with Gasteiger partial charge in [0.2, 0.25) is 5.91 Å². The quantitative estimate of drug-likeness (QED) is 0.0325. The fourth-order valence-electron chi connectivity index (χ4n) is 6.58. The number of ether oxygens (including phenoxy) is 1. The number of hydrogen-bond donors (Lipinski definition) is 3. The third-order valence-corrected chi connectivity index (χ3v) is 10.3. The van der Waals surface area contributed by atoms with E-state index in [0.717, 1.165) is 64.2 Å². The van der Waals surface area contributed by atoms with Crippen molar-refractivity contribution in [2.45, 2.75) is 231 Å². The Morgan fingerprint density at radius 1 is 0.500 bits per heavy atom. The van der Waals surface area contributed by atoms with Crippen LogP contribution in [-0.2, 0) is 14.3 Å². The van der Waals surface area contributed by atoms with Crippen molar-refractivity contribution in [3.63, 3.8) is 0 Å². The predicted molar refractivity (Wildman–Crippen MR) is 241 cm³/mol. The summed E-state index contributed by atoms with van der Waals surface area (Å²) in [4.78, 5) is 24.3. The summed E-state index contributed by atoms with van der Waals surface area (Å²) in [5.41, 5.74) is 0. The van der Waals surface area contributed by atoms with Crippen molar-refractivity contribution in [2.24, 2.45) is 0 Å². The fourth-order valence-corrected chi connectivity index (χ4v) is 6.58. The maximum atomic E-state index is 12.3. The van der Waals surface area contributed by atoms with Crippen LogP contribution in [0.5, 0.6) is 0 Å². The summed E-state index contributed by atoms with van der Waals surface area (Å²) in [7, 11) is 0. The van der Waals surface area contributed by atoms with E-state index >= 15 is 0 Å². The van der Waals surface area contributed by atoms with E-state index in [0.29, 0.717) is 25.9 Å². The lowest BCUT2D eigenvalue weighted by atomic mass is 10.1. The average molecular weight is 784 g/mol. The summed E-state index contributed by atoms with van der Waals surface area (Å²) in [5, 5.41) is 22.9. The highest BCUT2D eigenvalue weighted by atomic mass is 16.5. The molecule has 0 aliphatic rings. The number of rotatable bonds is 42. The van der Waals surface area contributed by atoms with Crippen molar-refractivity contribution in [3.8, 4) is 0 Å². The van der Waals surface area contributed by atoms with Gasteiger partial charge in [0.05, 0.1) is 25.4 Å². The van der Waals surface area contributed by atoms with Crippen molar-refractivity contribution in [1.82, 2.24) is 5.32 Å². The van der Waals surface area contributed by atoms with Gasteiger partial charge in [0.15, 0.2) is 0 Å². The molecule has 324 valence electrons. The third-order valence-electron chi connectivity index (χ3n) is 10.3. The van der Waals surface area contributed by atoms with Crippen LogP contribution in [0.3, 0.4) is 0 Å². The van der Waals surface area contributed by atoms with Crippen molar-refractivity contribution >= 4 is 11.9 Å². The molecule has 6 heteroatoms. The minimum absolute atomic E-state index is 0.0348. The van der Waals surface area contributed by atoms with Gasteiger partial charge in [0, 0.05) is 12.8 Å². The molecule has 0 aliphatic carbocycles. The molecule has 0 aromatic carbocycles. The summed E-state index contributed by atoms with van der Waals surface area (Å²) in [6, 6.07) is -0.672. The first-order chi connectivity index (χ1) is 27.5. The van der Waals surface area contributed by atoms with Gasteiger partial charge in [-0.1, -0.05) is 190 Å². The van der Waals surface area contributed by atoms with E-state index in [9.17, 15) is 19.8 Å². The zero-order valence-electron chi connectivity index (χ0n) is 36.6. The van der Waals surface area contributed by atoms with E-state index in [2.05, 4.69) is 61.7 Å². The molecule has 6 nitrogen and oxygen atoms in total. The number of allylic oxidation sites excluding steroid dienone is 9. The first kappa shape index (κ1) is 53.6. The second kappa shape index (κ2) is 45.3. The summed E-state index contributed by atoms with van der Waals surface area (Å²) >= 11 is 0. The molecule has 0 rings (SSSR count). The number of carbonyl (C=O) groups excluding carboxylic acids is 2. The summed E-state index contributed by atoms with van der Waals surface area (Å²) in [5.74, 6) is -0.188. The van der Waals surface area contributed by atoms with Crippen LogP contribution in [0.2, 0.25) is 0 Å². The van der Waals surface area contributed by atoms with Crippen molar-refractivity contribution < 1.29 is 24.5 Å². The molecule has 0 saturated carbocycles. The number of aliphatic hydroxyl groups excluding tert-OH is 2. The van der Waals surface area contributed by atoms with Crippen LogP contribution in [0.15, 0.2) is 60.8 Å². The van der Waals surface area contributed by atoms with Gasteiger partial charge in [-0.2, -0.15) is 0 Å². The Morgan fingerprint density at radius 3 is 1.45 bits per heavy atom. The third kappa shape index (κ3) is 41.2. The number of hydrogen-bond acceptors (Lipinski definition) is 5. The average Bonchev–Trinajstić information content (AvgIpc) is 3.20. The molecule has 2 atom stereocenters. The van der Waals surface area contributed by atoms with Crippen molar-refractivity contribution in [2.75, 3.05) is 13.2 Å². The minimum Gasteiger partial charge on any atom is -0.466 e. The molecular weight excluding hydrogens is 695 g/mol. The first-order valence-corrected chi connectivity index (χ1v) is 23.6. The molecular formula is C50H89NO5. The summed E-state index contributed by atoms with van der Waals surface area (Å²) in [6.45, 7) is 4.76. The number of amides is 1. The van der Waals surface area contributed by atoms with E-state index < -0.39 is 12.1 Å². The molecule has 0 saturated heterocycles. The molecule has 0 fully saturated rings. The van der Waals surface area contributed by atoms with Gasteiger partial charge in [-0.25, -0.2) is 0 Å². The number of nitrogens with one attached hydrogen (secondary N) is 1. The molecule has 3 N–H and O–H groups in total. The largest absolute Gasteiger partial charge is 0.466 e. The SMILES string of the molecule is CCCC/C=C\C/C=C\CCCCCCCC(=O)OCCCCCCCC/C=C\C/C=C\CCC(=O)NC(CO)C(O)/C=C/CCCCCCCCCCCC. The predicted octanol–water partition coefficient (Wildman–Crippen LogP) is 13.7. The number of unbranched alkanes of at least 4 members (excludes halogenated alkanes) is 23. The van der Waals surface area contributed by atoms with Crippen LogP contribution in [0.1, 0.15) is 219 Å². The minimum atomic E-state index is -0.879. The highest BCUT2D eigenvalue weighted by Crippen LogP contribution is 2.13. The van der Waals surface area contributed by atoms with E-state index in [1.165, 1.54) is 122 Å². The molecule has 0 aliphatic heterocycles. The molecule has 1 amide bonds. The van der Waals surface area contributed by atoms with Gasteiger partial charge >= 0.3 is 5.97 Å². The zero-order valence-corrected chi connectivity index (χ0v) is 36.6. The van der Waals surface area contributed by atoms with Gasteiger partial charge in [-0.15, -0.1) is 0 Å². The van der Waals surface area contributed by atoms with E-state index in [1.807, 2.05) is 12.2 Å². The molecule has 0 spiro atoms. The van der Waals surface area contributed by atoms with Crippen LogP contribution in [0, 0.1) is 0 Å². The van der Waals surface area contributed by atoms with Gasteiger partial charge in [-0.05, 0) is 77.0 Å². The van der Waals surface area contributed by atoms with Crippen LogP contribution in [0.25, 0.3) is 0 Å². The standard InChI is InChI=1S/C50H89NO5/c1-3-5-7-9-11-13-15-17-20-24-28-32-36-40-44-50(55)56-45-41-37-33-29-25-21-18-19-23-27-31-35-39-43-49(54)51-47(46-52)48(53)42-38-34-30-26-22-16-14-12-10-8-6-4-2/h9,11,15,17,19,23,31,35,38,42,47-48,52-53H,3-8,10,12-14,16,18,20-22,24-30,32-34,36-37,39-41,43-46H2,1-2H3,(H,51,54)/b11-9-,17-15-,23-19-,35-31-,42-38+. The van der Waals surface area contributed by atoms with Crippen LogP contribution in [-0.4, -0.2) is 47.4 Å². The van der Waals surface area contributed by atoms with E-state index in [1.54, 1.807) is 6.08 Å². The Kier molecular flexibility index (Phi) is 43.3. The monoisotopic (exact) mass is 784 g/mol. The molecule has 0 bridgehead atoms. The highest BCUT2D eigenvalue weighted by molar-refractivity contribution is 5.76. The zero-order chi connectivity index (χ0) is 40.8. The second-order valence-corrected chi connectivity index (χ2v) is 15.7. The lowest BCUT2D eigenvalue weighted by molar-refractivity contribution is -0.143. The Labute approximate surface area is 346 Å². The first-order valence-electron chi connectivity index (χ1n) is 23.6. The Hall–Kier alpha value is -2.44. The summed E-state index contributed by atoms with van der Waals surface area (Å²) in [6.07, 6.45) is 56.5. The smallest absolute Gasteiger partial charge is 0.305 e. The lowest BCUT2D eigenvalue weighted by Crippen LogP contribution is -2.45. The van der Waals surface area contributed by atoms with E-state index in [-0.39, 0.29) is 18.5 Å². The van der Waals surface area contributed by atoms with Crippen LogP contribution < -0.4 is 5.32 Å². The van der Waals surface area contributed by atoms with Crippen LogP contribution in [0.4, 0.5) is 0 Å². The summed E-state index contributed by atoms with van der Waals surface area (Å²) < 4.78 is 5.43. The van der Waals surface area contributed by atoms with Crippen molar-refractivity contribution in [1.29, 1.82) is 0 Å². The van der Waals surface area contributed by atoms with Gasteiger partial charge in [0.1, 0.15) is 0 Å². The fraction of sp³-hybridized carbons (Fsp3) is 0.760. The molecule has 0 radical (unpaired) electrons. The number of aliphatic hydroxyl groups is 2. The van der Waals surface area contributed by atoms with E-state index in [4.69, 9.17) is 4.74 Å². The number of esters is 1. The van der Waals surface area contributed by atoms with Gasteiger partial charge < -0.3 is 20.3 Å². The Balaban J connectivity index is 3.62. The second-order valence-electron chi connectivity index (χ2n) is 15.7.